The van der Waals surface area contributed by atoms with Crippen molar-refractivity contribution < 1.29 is 5.11 Å². The third kappa shape index (κ3) is 4.77. The number of nitrogens with one attached hydrogen (secondary N) is 2. The van der Waals surface area contributed by atoms with Gasteiger partial charge in [0.15, 0.2) is 0 Å². The summed E-state index contributed by atoms with van der Waals surface area (Å²) < 4.78 is 0.963. The summed E-state index contributed by atoms with van der Waals surface area (Å²) in [6.07, 6.45) is 2.36. The first-order chi connectivity index (χ1) is 12.7. The number of aliphatic hydroxyl groups excluding tert-OH is 1. The Balaban J connectivity index is 1.93. The molecule has 2 aromatic heterocycles. The van der Waals surface area contributed by atoms with Crippen LogP contribution in [-0.4, -0.2) is 33.2 Å². The van der Waals surface area contributed by atoms with E-state index in [0.717, 1.165) is 21.5 Å². The molecule has 0 amide bonds. The van der Waals surface area contributed by atoms with E-state index in [1.165, 1.54) is 5.56 Å². The van der Waals surface area contributed by atoms with Crippen molar-refractivity contribution in [3.8, 4) is 11.4 Å². The summed E-state index contributed by atoms with van der Waals surface area (Å²) in [6.45, 7) is 2.76. The molecule has 0 unspecified atom stereocenters. The van der Waals surface area contributed by atoms with Gasteiger partial charge in [-0.05, 0) is 59.1 Å². The molecule has 0 bridgehead atoms. The number of nitrogens with zero attached hydrogens (tertiary/aromatic N) is 3. The van der Waals surface area contributed by atoms with Crippen LogP contribution in [-0.2, 0) is 0 Å². The van der Waals surface area contributed by atoms with Crippen LogP contribution in [0.1, 0.15) is 12.0 Å². The third-order valence-electron chi connectivity index (χ3n) is 3.66. The molecule has 0 aliphatic carbocycles. The molecule has 3 aromatic rings. The zero-order valence-electron chi connectivity index (χ0n) is 14.4. The van der Waals surface area contributed by atoms with Crippen LogP contribution in [0.5, 0.6) is 0 Å². The maximum absolute atomic E-state index is 8.97. The van der Waals surface area contributed by atoms with Gasteiger partial charge in [0, 0.05) is 29.9 Å². The fourth-order valence-corrected chi connectivity index (χ4v) is 2.97. The lowest BCUT2D eigenvalue weighted by molar-refractivity contribution is 0.292. The standard InChI is InChI=1S/C19H20BrN5O/c1-13-6-7-15(14(20)11-13)23-18-12-17(16-5-2-3-8-21-16)24-19(25-18)22-9-4-10-26/h2-3,5-8,11-12,26H,4,9-10H2,1H3,(H2,22,23,24,25). The van der Waals surface area contributed by atoms with Gasteiger partial charge in [-0.15, -0.1) is 0 Å². The largest absolute Gasteiger partial charge is 0.396 e. The SMILES string of the molecule is Cc1ccc(Nc2cc(-c3ccccn3)nc(NCCCO)n2)c(Br)c1. The van der Waals surface area contributed by atoms with Crippen LogP contribution in [0.3, 0.4) is 0 Å². The lowest BCUT2D eigenvalue weighted by Crippen LogP contribution is -2.09. The number of anilines is 3. The van der Waals surface area contributed by atoms with Crippen molar-refractivity contribution in [2.75, 3.05) is 23.8 Å². The van der Waals surface area contributed by atoms with Crippen LogP contribution < -0.4 is 10.6 Å². The van der Waals surface area contributed by atoms with E-state index in [4.69, 9.17) is 5.11 Å². The average Bonchev–Trinajstić information content (AvgIpc) is 2.65. The van der Waals surface area contributed by atoms with E-state index >= 15 is 0 Å². The van der Waals surface area contributed by atoms with E-state index in [0.29, 0.717) is 24.7 Å². The van der Waals surface area contributed by atoms with E-state index in [-0.39, 0.29) is 6.61 Å². The van der Waals surface area contributed by atoms with E-state index in [1.54, 1.807) is 6.20 Å². The Morgan fingerprint density at radius 2 is 1.96 bits per heavy atom. The second kappa shape index (κ2) is 8.73. The van der Waals surface area contributed by atoms with Gasteiger partial charge in [0.05, 0.1) is 17.1 Å². The molecule has 1 aromatic carbocycles. The highest BCUT2D eigenvalue weighted by molar-refractivity contribution is 9.10. The molecule has 3 N–H and O–H groups in total. The van der Waals surface area contributed by atoms with E-state index in [1.807, 2.05) is 49.4 Å². The highest BCUT2D eigenvalue weighted by Crippen LogP contribution is 2.28. The molecule has 0 saturated heterocycles. The second-order valence-electron chi connectivity index (χ2n) is 5.79. The molecule has 6 nitrogen and oxygen atoms in total. The first-order valence-electron chi connectivity index (χ1n) is 8.34. The predicted molar refractivity (Wildman–Crippen MR) is 108 cm³/mol. The number of rotatable bonds is 7. The summed E-state index contributed by atoms with van der Waals surface area (Å²) in [5, 5.41) is 15.4. The lowest BCUT2D eigenvalue weighted by atomic mass is 10.2. The number of benzene rings is 1. The molecular formula is C19H20BrN5O. The summed E-state index contributed by atoms with van der Waals surface area (Å²) >= 11 is 3.58. The van der Waals surface area contributed by atoms with Crippen molar-refractivity contribution in [1.29, 1.82) is 0 Å². The van der Waals surface area contributed by atoms with Crippen molar-refractivity contribution in [2.24, 2.45) is 0 Å². The van der Waals surface area contributed by atoms with Crippen LogP contribution in [0.4, 0.5) is 17.5 Å². The second-order valence-corrected chi connectivity index (χ2v) is 6.64. The molecule has 0 spiro atoms. The predicted octanol–water partition coefficient (Wildman–Crippen LogP) is 4.15. The first kappa shape index (κ1) is 18.3. The molecule has 0 fully saturated rings. The zero-order chi connectivity index (χ0) is 18.4. The number of pyridine rings is 1. The van der Waals surface area contributed by atoms with Crippen LogP contribution in [0.2, 0.25) is 0 Å². The number of hydrogen-bond donors (Lipinski definition) is 3. The third-order valence-corrected chi connectivity index (χ3v) is 4.31. The number of aliphatic hydroxyl groups is 1. The molecule has 3 rings (SSSR count). The fraction of sp³-hybridized carbons (Fsp3) is 0.211. The Bertz CT molecular complexity index is 873. The Morgan fingerprint density at radius 1 is 1.08 bits per heavy atom. The van der Waals surface area contributed by atoms with Crippen molar-refractivity contribution in [1.82, 2.24) is 15.0 Å². The summed E-state index contributed by atoms with van der Waals surface area (Å²) in [4.78, 5) is 13.4. The Labute approximate surface area is 160 Å². The van der Waals surface area contributed by atoms with Gasteiger partial charge in [-0.1, -0.05) is 12.1 Å². The average molecular weight is 414 g/mol. The molecule has 134 valence electrons. The summed E-state index contributed by atoms with van der Waals surface area (Å²) in [6, 6.07) is 13.6. The molecule has 0 aliphatic rings. The van der Waals surface area contributed by atoms with Crippen molar-refractivity contribution in [3.63, 3.8) is 0 Å². The normalized spacial score (nSPS) is 10.6. The van der Waals surface area contributed by atoms with Gasteiger partial charge in [-0.3, -0.25) is 4.98 Å². The van der Waals surface area contributed by atoms with Gasteiger partial charge in [-0.25, -0.2) is 4.98 Å². The number of aromatic nitrogens is 3. The summed E-state index contributed by atoms with van der Waals surface area (Å²) in [5.74, 6) is 1.16. The van der Waals surface area contributed by atoms with E-state index in [2.05, 4.69) is 41.5 Å². The van der Waals surface area contributed by atoms with Crippen molar-refractivity contribution in [2.45, 2.75) is 13.3 Å². The van der Waals surface area contributed by atoms with E-state index in [9.17, 15) is 0 Å². The molecule has 0 atom stereocenters. The van der Waals surface area contributed by atoms with Gasteiger partial charge < -0.3 is 15.7 Å². The molecule has 0 radical (unpaired) electrons. The Hall–Kier alpha value is -2.51. The highest BCUT2D eigenvalue weighted by atomic mass is 79.9. The van der Waals surface area contributed by atoms with Crippen LogP contribution in [0, 0.1) is 6.92 Å². The van der Waals surface area contributed by atoms with E-state index < -0.39 is 0 Å². The molecule has 2 heterocycles. The minimum absolute atomic E-state index is 0.119. The zero-order valence-corrected chi connectivity index (χ0v) is 16.0. The van der Waals surface area contributed by atoms with Gasteiger partial charge in [-0.2, -0.15) is 4.98 Å². The van der Waals surface area contributed by atoms with Crippen molar-refractivity contribution >= 4 is 33.4 Å². The number of halogens is 1. The van der Waals surface area contributed by atoms with Gasteiger partial charge in [0.2, 0.25) is 5.95 Å². The van der Waals surface area contributed by atoms with Gasteiger partial charge in [0.1, 0.15) is 5.82 Å². The smallest absolute Gasteiger partial charge is 0.225 e. The first-order valence-corrected chi connectivity index (χ1v) is 9.13. The molecule has 0 saturated carbocycles. The topological polar surface area (TPSA) is 83.0 Å². The summed E-state index contributed by atoms with van der Waals surface area (Å²) in [5.41, 5.74) is 3.58. The molecule has 26 heavy (non-hydrogen) atoms. The maximum atomic E-state index is 8.97. The maximum Gasteiger partial charge on any atom is 0.225 e. The van der Waals surface area contributed by atoms with Gasteiger partial charge in [0.25, 0.3) is 0 Å². The molecule has 7 heteroatoms. The Kier molecular flexibility index (Phi) is 6.14. The molecular weight excluding hydrogens is 394 g/mol. The monoisotopic (exact) mass is 413 g/mol. The number of hydrogen-bond acceptors (Lipinski definition) is 6. The van der Waals surface area contributed by atoms with Crippen LogP contribution >= 0.6 is 15.9 Å². The quantitative estimate of drug-likeness (QED) is 0.504. The Morgan fingerprint density at radius 3 is 2.69 bits per heavy atom. The lowest BCUT2D eigenvalue weighted by Gasteiger charge is -2.12. The van der Waals surface area contributed by atoms with Crippen LogP contribution in [0.15, 0.2) is 53.1 Å². The minimum Gasteiger partial charge on any atom is -0.396 e. The fourth-order valence-electron chi connectivity index (χ4n) is 2.37. The highest BCUT2D eigenvalue weighted by Gasteiger charge is 2.09. The van der Waals surface area contributed by atoms with Crippen molar-refractivity contribution in [3.05, 3.63) is 58.7 Å². The van der Waals surface area contributed by atoms with Gasteiger partial charge >= 0.3 is 0 Å². The number of aryl methyl sites for hydroxylation is 1. The summed E-state index contributed by atoms with van der Waals surface area (Å²) in [7, 11) is 0. The minimum atomic E-state index is 0.119. The molecule has 0 aliphatic heterocycles. The van der Waals surface area contributed by atoms with Crippen LogP contribution in [0.25, 0.3) is 11.4 Å².